The van der Waals surface area contributed by atoms with Crippen LogP contribution in [0.25, 0.3) is 22.0 Å². The SMILES string of the molecule is CC(C)C(C(=O)/C=C(\O)C(C(C)C)C(C)C)C(C)C.Cc1[c-]c(-c2nccc3c4c(ccc23)[Si](C)(C)CC[Si]4(C)C)cc(C)c1.[Ir]. The molecule has 0 fully saturated rings. The van der Waals surface area contributed by atoms with Crippen LogP contribution in [0.4, 0.5) is 0 Å². The fourth-order valence-corrected chi connectivity index (χ4v) is 18.5. The number of benzene rings is 2. The second-order valence-electron chi connectivity index (χ2n) is 16.3. The number of aromatic nitrogens is 1. The molecule has 0 saturated carbocycles. The number of allylic oxidation sites excluding steroid dienone is 2. The molecule has 0 bridgehead atoms. The molecule has 2 aromatic carbocycles. The van der Waals surface area contributed by atoms with Crippen LogP contribution < -0.4 is 10.4 Å². The Labute approximate surface area is 296 Å². The summed E-state index contributed by atoms with van der Waals surface area (Å²) in [5.74, 6) is 1.63. The quantitative estimate of drug-likeness (QED) is 0.106. The molecule has 4 rings (SSSR count). The van der Waals surface area contributed by atoms with E-state index in [-0.39, 0.29) is 43.5 Å². The van der Waals surface area contributed by atoms with Crippen LogP contribution in [0.2, 0.25) is 38.3 Å². The molecule has 6 heteroatoms. The maximum atomic E-state index is 12.3. The van der Waals surface area contributed by atoms with E-state index in [1.807, 2.05) is 6.20 Å². The molecule has 255 valence electrons. The van der Waals surface area contributed by atoms with Crippen LogP contribution >= 0.6 is 0 Å². The van der Waals surface area contributed by atoms with Crippen LogP contribution in [0.5, 0.6) is 0 Å². The molecule has 1 N–H and O–H groups in total. The Morgan fingerprint density at radius 2 is 1.35 bits per heavy atom. The first-order valence-corrected chi connectivity index (χ1v) is 23.6. The van der Waals surface area contributed by atoms with E-state index in [0.29, 0.717) is 23.7 Å². The number of carbonyl (C=O) groups excluding carboxylic acids is 1. The molecule has 1 aromatic heterocycles. The van der Waals surface area contributed by atoms with E-state index < -0.39 is 16.1 Å². The van der Waals surface area contributed by atoms with Gasteiger partial charge in [0, 0.05) is 44.2 Å². The summed E-state index contributed by atoms with van der Waals surface area (Å²) in [6.45, 7) is 31.1. The fraction of sp³-hybridized carbons (Fsp3) is 0.550. The first kappa shape index (κ1) is 40.3. The predicted octanol–water partition coefficient (Wildman–Crippen LogP) is 10.0. The zero-order valence-electron chi connectivity index (χ0n) is 31.1. The van der Waals surface area contributed by atoms with Crippen molar-refractivity contribution in [3.8, 4) is 11.3 Å². The van der Waals surface area contributed by atoms with E-state index in [2.05, 4.69) is 132 Å². The second kappa shape index (κ2) is 16.0. The topological polar surface area (TPSA) is 50.2 Å². The molecule has 0 unspecified atom stereocenters. The normalized spacial score (nSPS) is 15.8. The zero-order chi connectivity index (χ0) is 34.0. The Balaban J connectivity index is 0.000000332. The summed E-state index contributed by atoms with van der Waals surface area (Å²) in [5.41, 5.74) is 4.67. The van der Waals surface area contributed by atoms with Crippen molar-refractivity contribution in [2.75, 3.05) is 0 Å². The molecule has 0 atom stereocenters. The van der Waals surface area contributed by atoms with Gasteiger partial charge in [-0.2, -0.15) is 0 Å². The number of ketones is 1. The molecule has 3 aromatic rings. The van der Waals surface area contributed by atoms with E-state index in [1.54, 1.807) is 10.4 Å². The van der Waals surface area contributed by atoms with Crippen molar-refractivity contribution in [2.45, 2.75) is 108 Å². The van der Waals surface area contributed by atoms with Gasteiger partial charge >= 0.3 is 0 Å². The van der Waals surface area contributed by atoms with Gasteiger partial charge in [0.05, 0.1) is 21.9 Å². The molecule has 0 amide bonds. The summed E-state index contributed by atoms with van der Waals surface area (Å²) in [5, 5.41) is 16.5. The van der Waals surface area contributed by atoms with E-state index in [4.69, 9.17) is 4.98 Å². The predicted molar refractivity (Wildman–Crippen MR) is 201 cm³/mol. The number of hydrogen-bond acceptors (Lipinski definition) is 3. The first-order valence-electron chi connectivity index (χ1n) is 17.2. The minimum Gasteiger partial charge on any atom is -0.512 e. The monoisotopic (exact) mass is 835 g/mol. The van der Waals surface area contributed by atoms with Crippen molar-refractivity contribution in [3.05, 3.63) is 65.6 Å². The number of rotatable bonds is 8. The molecule has 0 aliphatic carbocycles. The Morgan fingerprint density at radius 1 is 0.804 bits per heavy atom. The van der Waals surface area contributed by atoms with Gasteiger partial charge in [0.2, 0.25) is 0 Å². The molecular formula is C40H60IrNO2Si2-. The molecular weight excluding hydrogens is 775 g/mol. The van der Waals surface area contributed by atoms with Gasteiger partial charge in [-0.1, -0.05) is 130 Å². The molecule has 1 aliphatic rings. The minimum absolute atomic E-state index is 0. The summed E-state index contributed by atoms with van der Waals surface area (Å²) >= 11 is 0. The van der Waals surface area contributed by atoms with Crippen LogP contribution in [-0.2, 0) is 24.9 Å². The van der Waals surface area contributed by atoms with Crippen LogP contribution in [-0.4, -0.2) is 32.0 Å². The van der Waals surface area contributed by atoms with Gasteiger partial charge in [-0.05, 0) is 46.2 Å². The molecule has 1 aliphatic heterocycles. The van der Waals surface area contributed by atoms with Crippen LogP contribution in [0.3, 0.4) is 0 Å². The van der Waals surface area contributed by atoms with Gasteiger partial charge in [0.15, 0.2) is 5.78 Å². The van der Waals surface area contributed by atoms with E-state index >= 15 is 0 Å². The van der Waals surface area contributed by atoms with E-state index in [0.717, 1.165) is 11.3 Å². The van der Waals surface area contributed by atoms with Crippen molar-refractivity contribution in [1.29, 1.82) is 0 Å². The van der Waals surface area contributed by atoms with Gasteiger partial charge in [-0.3, -0.25) is 4.79 Å². The van der Waals surface area contributed by atoms with Crippen molar-refractivity contribution >= 4 is 43.1 Å². The molecule has 46 heavy (non-hydrogen) atoms. The van der Waals surface area contributed by atoms with Crippen LogP contribution in [0.1, 0.15) is 66.5 Å². The Bertz CT molecular complexity index is 1500. The minimum atomic E-state index is -1.41. The van der Waals surface area contributed by atoms with Crippen LogP contribution in [0, 0.1) is 55.4 Å². The zero-order valence-corrected chi connectivity index (χ0v) is 35.5. The maximum absolute atomic E-state index is 12.3. The number of carbonyl (C=O) groups is 1. The standard InChI is InChI=1S/C23H28NSi2.C17H32O2.Ir/c1-16-13-17(2)15-18(14-16)22-19-7-8-21-23(20(19)9-10-24-22)26(5,6)12-11-25(21,3)4;1-10(2)16(11(3)4)14(18)9-15(19)17(12(5)6)13(7)8;/h7-10,13-14H,11-12H2,1-6H3;9-13,16-18H,1-8H3;/q-1;;/b;14-9-;. The first-order chi connectivity index (χ1) is 20.8. The molecule has 0 saturated heterocycles. The number of aryl methyl sites for hydroxylation is 2. The average Bonchev–Trinajstić information content (AvgIpc) is 2.89. The van der Waals surface area contributed by atoms with E-state index in [1.165, 1.54) is 40.1 Å². The number of hydrogen-bond donors (Lipinski definition) is 1. The third-order valence-electron chi connectivity index (χ3n) is 9.96. The summed E-state index contributed by atoms with van der Waals surface area (Å²) in [4.78, 5) is 17.1. The van der Waals surface area contributed by atoms with Gasteiger partial charge in [0.25, 0.3) is 0 Å². The Kier molecular flexibility index (Phi) is 14.0. The summed E-state index contributed by atoms with van der Waals surface area (Å²) in [6.07, 6.45) is 3.49. The molecule has 2 heterocycles. The average molecular weight is 835 g/mol. The Morgan fingerprint density at radius 3 is 1.87 bits per heavy atom. The number of pyridine rings is 1. The van der Waals surface area contributed by atoms with Crippen LogP contribution in [0.15, 0.2) is 48.4 Å². The molecule has 0 spiro atoms. The number of aliphatic hydroxyl groups is 1. The number of aliphatic hydroxyl groups excluding tert-OH is 1. The Hall–Kier alpha value is -1.86. The maximum Gasteiger partial charge on any atom is 0.162 e. The largest absolute Gasteiger partial charge is 0.512 e. The number of nitrogens with zero attached hydrogens (tertiary/aromatic N) is 1. The van der Waals surface area contributed by atoms with Crippen molar-refractivity contribution < 1.29 is 30.0 Å². The van der Waals surface area contributed by atoms with Crippen molar-refractivity contribution in [1.82, 2.24) is 4.98 Å². The molecule has 1 radical (unpaired) electrons. The van der Waals surface area contributed by atoms with Crippen molar-refractivity contribution in [2.24, 2.45) is 35.5 Å². The summed E-state index contributed by atoms with van der Waals surface area (Å²) in [7, 11) is -2.74. The molecule has 3 nitrogen and oxygen atoms in total. The number of fused-ring (bicyclic) bond motifs is 3. The summed E-state index contributed by atoms with van der Waals surface area (Å²) in [6, 6.07) is 17.8. The van der Waals surface area contributed by atoms with Gasteiger partial charge < -0.3 is 10.1 Å². The van der Waals surface area contributed by atoms with Gasteiger partial charge in [0.1, 0.15) is 0 Å². The van der Waals surface area contributed by atoms with Gasteiger partial charge in [-0.25, -0.2) is 0 Å². The van der Waals surface area contributed by atoms with Crippen molar-refractivity contribution in [3.63, 3.8) is 0 Å². The second-order valence-corrected chi connectivity index (χ2v) is 25.8. The smallest absolute Gasteiger partial charge is 0.162 e. The third kappa shape index (κ3) is 9.18. The third-order valence-corrected chi connectivity index (χ3v) is 17.5. The summed E-state index contributed by atoms with van der Waals surface area (Å²) < 4.78 is 0. The van der Waals surface area contributed by atoms with E-state index in [9.17, 15) is 9.90 Å². The van der Waals surface area contributed by atoms with Gasteiger partial charge in [-0.15, -0.1) is 34.9 Å². The fourth-order valence-electron chi connectivity index (χ4n) is 7.89.